The first-order valence-corrected chi connectivity index (χ1v) is 10.3. The molecule has 1 heterocycles. The second kappa shape index (κ2) is 8.76. The summed E-state index contributed by atoms with van der Waals surface area (Å²) in [6, 6.07) is 12.5. The molecule has 0 aliphatic carbocycles. The number of esters is 1. The van der Waals surface area contributed by atoms with Crippen molar-refractivity contribution in [2.24, 2.45) is 7.05 Å². The molecular formula is C25H28N2O4. The fourth-order valence-corrected chi connectivity index (χ4v) is 3.99. The van der Waals surface area contributed by atoms with Crippen LogP contribution in [-0.4, -0.2) is 46.8 Å². The van der Waals surface area contributed by atoms with Crippen LogP contribution in [0.5, 0.6) is 0 Å². The third-order valence-electron chi connectivity index (χ3n) is 5.95. The van der Waals surface area contributed by atoms with E-state index in [-0.39, 0.29) is 18.3 Å². The number of Topliss-reactive ketones (excluding diaryl/α,β-unsaturated/α-hetero) is 1. The van der Waals surface area contributed by atoms with Crippen LogP contribution in [0.2, 0.25) is 0 Å². The highest BCUT2D eigenvalue weighted by molar-refractivity contribution is 6.11. The molecule has 0 aliphatic rings. The Bertz CT molecular complexity index is 1170. The van der Waals surface area contributed by atoms with Crippen molar-refractivity contribution in [1.29, 1.82) is 0 Å². The van der Waals surface area contributed by atoms with Gasteiger partial charge in [0.2, 0.25) is 0 Å². The van der Waals surface area contributed by atoms with Gasteiger partial charge in [0, 0.05) is 30.9 Å². The number of hydrogen-bond donors (Lipinski definition) is 0. The van der Waals surface area contributed by atoms with Crippen LogP contribution in [0.15, 0.2) is 42.5 Å². The van der Waals surface area contributed by atoms with E-state index >= 15 is 0 Å². The van der Waals surface area contributed by atoms with Gasteiger partial charge in [-0.2, -0.15) is 0 Å². The number of carbonyl (C=O) groups excluding carboxylic acids is 3. The van der Waals surface area contributed by atoms with E-state index in [0.29, 0.717) is 28.1 Å². The molecule has 162 valence electrons. The van der Waals surface area contributed by atoms with Crippen molar-refractivity contribution in [3.05, 3.63) is 70.5 Å². The summed E-state index contributed by atoms with van der Waals surface area (Å²) in [5, 5.41) is 1.81. The molecule has 1 amide bonds. The zero-order valence-corrected chi connectivity index (χ0v) is 18.9. The Balaban J connectivity index is 1.95. The summed E-state index contributed by atoms with van der Waals surface area (Å²) in [6.45, 7) is 7.24. The van der Waals surface area contributed by atoms with Crippen LogP contribution < -0.4 is 0 Å². The molecule has 1 aromatic heterocycles. The first-order valence-electron chi connectivity index (χ1n) is 10.3. The molecule has 0 bridgehead atoms. The summed E-state index contributed by atoms with van der Waals surface area (Å²) in [6.07, 6.45) is 0. The molecule has 0 fully saturated rings. The first kappa shape index (κ1) is 22.3. The molecule has 0 saturated heterocycles. The number of likely N-dealkylation sites (N-methyl/N-ethyl adjacent to an activating group) is 1. The van der Waals surface area contributed by atoms with Gasteiger partial charge in [-0.15, -0.1) is 0 Å². The van der Waals surface area contributed by atoms with Gasteiger partial charge in [0.05, 0.1) is 12.6 Å². The third kappa shape index (κ3) is 3.85. The Labute approximate surface area is 182 Å². The SMILES string of the molecule is CCOC(=O)c1c(C)c(C(=O)[C@H](C)N(C)C(=O)c2cccc3ccccc23)c(C)n1C. The molecule has 31 heavy (non-hydrogen) atoms. The maximum Gasteiger partial charge on any atom is 0.355 e. The lowest BCUT2D eigenvalue weighted by molar-refractivity contribution is 0.0514. The van der Waals surface area contributed by atoms with Gasteiger partial charge in [-0.05, 0) is 50.1 Å². The molecule has 0 unspecified atom stereocenters. The number of amides is 1. The van der Waals surface area contributed by atoms with E-state index in [2.05, 4.69) is 0 Å². The highest BCUT2D eigenvalue weighted by atomic mass is 16.5. The first-order chi connectivity index (χ1) is 14.7. The minimum absolute atomic E-state index is 0.211. The second-order valence-corrected chi connectivity index (χ2v) is 7.70. The van der Waals surface area contributed by atoms with Gasteiger partial charge < -0.3 is 14.2 Å². The number of benzene rings is 2. The van der Waals surface area contributed by atoms with E-state index in [1.807, 2.05) is 36.4 Å². The lowest BCUT2D eigenvalue weighted by Gasteiger charge is -2.25. The molecule has 6 heteroatoms. The molecular weight excluding hydrogens is 392 g/mol. The molecule has 0 N–H and O–H groups in total. The smallest absolute Gasteiger partial charge is 0.355 e. The maximum absolute atomic E-state index is 13.4. The molecule has 0 radical (unpaired) electrons. The van der Waals surface area contributed by atoms with Crippen molar-refractivity contribution in [2.75, 3.05) is 13.7 Å². The summed E-state index contributed by atoms with van der Waals surface area (Å²) in [5.41, 5.74) is 2.60. The predicted molar refractivity (Wildman–Crippen MR) is 121 cm³/mol. The summed E-state index contributed by atoms with van der Waals surface area (Å²) >= 11 is 0. The highest BCUT2D eigenvalue weighted by Gasteiger charge is 2.31. The summed E-state index contributed by atoms with van der Waals surface area (Å²) in [5.74, 6) is -0.899. The number of fused-ring (bicyclic) bond motifs is 1. The molecule has 0 aliphatic heterocycles. The van der Waals surface area contributed by atoms with E-state index in [1.54, 1.807) is 52.4 Å². The molecule has 1 atom stereocenters. The van der Waals surface area contributed by atoms with Gasteiger partial charge in [0.25, 0.3) is 5.91 Å². The number of aromatic nitrogens is 1. The van der Waals surface area contributed by atoms with Crippen LogP contribution in [-0.2, 0) is 11.8 Å². The zero-order chi connectivity index (χ0) is 22.9. The monoisotopic (exact) mass is 420 g/mol. The van der Waals surface area contributed by atoms with Crippen LogP contribution in [0.3, 0.4) is 0 Å². The average Bonchev–Trinajstić information content (AvgIpc) is 2.99. The minimum Gasteiger partial charge on any atom is -0.461 e. The summed E-state index contributed by atoms with van der Waals surface area (Å²) in [7, 11) is 3.37. The van der Waals surface area contributed by atoms with Crippen molar-refractivity contribution < 1.29 is 19.1 Å². The average molecular weight is 421 g/mol. The molecule has 3 rings (SSSR count). The van der Waals surface area contributed by atoms with E-state index in [1.165, 1.54) is 4.90 Å². The van der Waals surface area contributed by atoms with Gasteiger partial charge in [0.1, 0.15) is 5.69 Å². The maximum atomic E-state index is 13.4. The number of carbonyl (C=O) groups is 3. The van der Waals surface area contributed by atoms with Crippen LogP contribution >= 0.6 is 0 Å². The molecule has 6 nitrogen and oxygen atoms in total. The van der Waals surface area contributed by atoms with Crippen molar-refractivity contribution in [3.8, 4) is 0 Å². The predicted octanol–water partition coefficient (Wildman–Crippen LogP) is 4.32. The Hall–Kier alpha value is -3.41. The topological polar surface area (TPSA) is 68.6 Å². The largest absolute Gasteiger partial charge is 0.461 e. The fraction of sp³-hybridized carbons (Fsp3) is 0.320. The van der Waals surface area contributed by atoms with Crippen molar-refractivity contribution >= 4 is 28.4 Å². The Morgan fingerprint density at radius 2 is 1.71 bits per heavy atom. The zero-order valence-electron chi connectivity index (χ0n) is 18.9. The van der Waals surface area contributed by atoms with E-state index < -0.39 is 12.0 Å². The summed E-state index contributed by atoms with van der Waals surface area (Å²) in [4.78, 5) is 40.5. The van der Waals surface area contributed by atoms with Crippen LogP contribution in [0, 0.1) is 13.8 Å². The van der Waals surface area contributed by atoms with Gasteiger partial charge in [-0.3, -0.25) is 9.59 Å². The Kier molecular flexibility index (Phi) is 6.29. The third-order valence-corrected chi connectivity index (χ3v) is 5.95. The van der Waals surface area contributed by atoms with Crippen LogP contribution in [0.25, 0.3) is 10.8 Å². The van der Waals surface area contributed by atoms with Crippen LogP contribution in [0.4, 0.5) is 0 Å². The normalized spacial score (nSPS) is 11.9. The number of nitrogens with zero attached hydrogens (tertiary/aromatic N) is 2. The number of rotatable bonds is 6. The Morgan fingerprint density at radius 1 is 1.06 bits per heavy atom. The summed E-state index contributed by atoms with van der Waals surface area (Å²) < 4.78 is 6.83. The number of ether oxygens (including phenoxy) is 1. The number of ketones is 1. The van der Waals surface area contributed by atoms with Gasteiger partial charge in [-0.1, -0.05) is 36.4 Å². The van der Waals surface area contributed by atoms with Crippen LogP contribution in [0.1, 0.15) is 56.3 Å². The van der Waals surface area contributed by atoms with E-state index in [9.17, 15) is 14.4 Å². The second-order valence-electron chi connectivity index (χ2n) is 7.70. The minimum atomic E-state index is -0.707. The highest BCUT2D eigenvalue weighted by Crippen LogP contribution is 2.26. The van der Waals surface area contributed by atoms with E-state index in [0.717, 1.165) is 10.8 Å². The quantitative estimate of drug-likeness (QED) is 0.440. The van der Waals surface area contributed by atoms with E-state index in [4.69, 9.17) is 4.74 Å². The molecule has 0 spiro atoms. The molecule has 2 aromatic carbocycles. The standard InChI is InChI=1S/C25H28N2O4/c1-7-31-25(30)22-15(2)21(16(3)26(22)5)23(28)17(4)27(6)24(29)20-14-10-12-18-11-8-9-13-19(18)20/h8-14,17H,7H2,1-6H3/t17-/m0/s1. The van der Waals surface area contributed by atoms with Gasteiger partial charge in [0.15, 0.2) is 5.78 Å². The lowest BCUT2D eigenvalue weighted by atomic mass is 9.98. The van der Waals surface area contributed by atoms with Crippen molar-refractivity contribution in [3.63, 3.8) is 0 Å². The van der Waals surface area contributed by atoms with Crippen molar-refractivity contribution in [1.82, 2.24) is 9.47 Å². The van der Waals surface area contributed by atoms with Crippen molar-refractivity contribution in [2.45, 2.75) is 33.7 Å². The molecule has 0 saturated carbocycles. The molecule has 3 aromatic rings. The fourth-order valence-electron chi connectivity index (χ4n) is 3.99. The lowest BCUT2D eigenvalue weighted by Crippen LogP contribution is -2.40. The van der Waals surface area contributed by atoms with Gasteiger partial charge >= 0.3 is 5.97 Å². The number of hydrogen-bond acceptors (Lipinski definition) is 4. The Morgan fingerprint density at radius 3 is 2.39 bits per heavy atom. The van der Waals surface area contributed by atoms with Gasteiger partial charge in [-0.25, -0.2) is 4.79 Å².